The van der Waals surface area contributed by atoms with Gasteiger partial charge in [0, 0.05) is 23.6 Å². The van der Waals surface area contributed by atoms with Gasteiger partial charge in [0.25, 0.3) is 15.9 Å². The maximum absolute atomic E-state index is 13.0. The van der Waals surface area contributed by atoms with Gasteiger partial charge < -0.3 is 0 Å². The van der Waals surface area contributed by atoms with E-state index in [0.29, 0.717) is 0 Å². The number of sulfonamides is 1. The Kier molecular flexibility index (Phi) is 5.30. The molecule has 32 heavy (non-hydrogen) atoms. The minimum absolute atomic E-state index is 0.0851. The first-order chi connectivity index (χ1) is 15.1. The molecule has 1 N–H and O–H groups in total. The normalized spacial score (nSPS) is 12.1. The molecule has 0 aliphatic rings. The number of hydrogen-bond acceptors (Lipinski definition) is 7. The molecule has 1 amide bonds. The summed E-state index contributed by atoms with van der Waals surface area (Å²) in [7, 11) is -4.32. The molecule has 0 bridgehead atoms. The molecule has 0 saturated carbocycles. The number of halogens is 4. The van der Waals surface area contributed by atoms with Crippen molar-refractivity contribution in [3.63, 3.8) is 0 Å². The molecule has 0 aliphatic heterocycles. The number of alkyl halides is 3. The Balaban J connectivity index is 1.69. The van der Waals surface area contributed by atoms with Gasteiger partial charge in [-0.1, -0.05) is 17.7 Å². The lowest BCUT2D eigenvalue weighted by Gasteiger charge is -2.10. The Morgan fingerprint density at radius 3 is 2.62 bits per heavy atom. The molecule has 0 unspecified atom stereocenters. The second kappa shape index (κ2) is 7.84. The van der Waals surface area contributed by atoms with E-state index < -0.39 is 27.9 Å². The summed E-state index contributed by atoms with van der Waals surface area (Å²) >= 11 is 5.86. The number of carbonyl (C=O) groups is 1. The molecule has 0 fully saturated rings. The minimum atomic E-state index is -4.76. The van der Waals surface area contributed by atoms with Gasteiger partial charge in [-0.3, -0.25) is 14.3 Å². The van der Waals surface area contributed by atoms with Gasteiger partial charge in [-0.2, -0.15) is 13.2 Å². The van der Waals surface area contributed by atoms with E-state index >= 15 is 0 Å². The van der Waals surface area contributed by atoms with Crippen LogP contribution in [0.25, 0.3) is 16.9 Å². The van der Waals surface area contributed by atoms with Gasteiger partial charge >= 0.3 is 6.18 Å². The molecule has 1 aromatic carbocycles. The van der Waals surface area contributed by atoms with E-state index in [-0.39, 0.29) is 32.3 Å². The number of hydrogen-bond donors (Lipinski definition) is 1. The van der Waals surface area contributed by atoms with Crippen molar-refractivity contribution >= 4 is 38.7 Å². The largest absolute Gasteiger partial charge is 0.451 e. The van der Waals surface area contributed by atoms with Crippen molar-refractivity contribution in [3.8, 4) is 5.69 Å². The zero-order chi connectivity index (χ0) is 23.1. The van der Waals surface area contributed by atoms with E-state index in [4.69, 9.17) is 11.6 Å². The van der Waals surface area contributed by atoms with Crippen molar-refractivity contribution in [2.45, 2.75) is 11.1 Å². The van der Waals surface area contributed by atoms with Gasteiger partial charge in [-0.25, -0.2) is 28.1 Å². The lowest BCUT2D eigenvalue weighted by atomic mass is 10.2. The number of benzene rings is 1. The smallest absolute Gasteiger partial charge is 0.283 e. The summed E-state index contributed by atoms with van der Waals surface area (Å²) in [6.45, 7) is 0. The van der Waals surface area contributed by atoms with Gasteiger partial charge in [0.2, 0.25) is 5.82 Å². The second-order valence-corrected chi connectivity index (χ2v) is 8.36. The fraction of sp³-hybridized carbons (Fsp3) is 0.0556. The van der Waals surface area contributed by atoms with Crippen LogP contribution in [0.15, 0.2) is 60.1 Å². The van der Waals surface area contributed by atoms with Crippen LogP contribution in [0, 0.1) is 0 Å². The van der Waals surface area contributed by atoms with Crippen LogP contribution >= 0.6 is 11.6 Å². The predicted octanol–water partition coefficient (Wildman–Crippen LogP) is 3.00. The lowest BCUT2D eigenvalue weighted by Crippen LogP contribution is -2.31. The molecule has 3 aromatic heterocycles. The molecule has 14 heteroatoms. The number of aromatic nitrogens is 5. The third-order valence-electron chi connectivity index (χ3n) is 4.18. The third-order valence-corrected chi connectivity index (χ3v) is 5.98. The number of fused-ring (bicyclic) bond motifs is 1. The number of amides is 1. The molecule has 0 atom stereocenters. The van der Waals surface area contributed by atoms with Crippen molar-refractivity contribution in [1.82, 2.24) is 29.2 Å². The van der Waals surface area contributed by atoms with Crippen molar-refractivity contribution in [2.75, 3.05) is 0 Å². The molecular formula is C18H10ClF3N6O3S. The zero-order valence-corrected chi connectivity index (χ0v) is 17.1. The molecule has 0 spiro atoms. The number of pyridine rings is 1. The van der Waals surface area contributed by atoms with Crippen LogP contribution in [0.4, 0.5) is 13.2 Å². The number of imidazole rings is 1. The number of nitrogens with zero attached hydrogens (tertiary/aromatic N) is 5. The Morgan fingerprint density at radius 1 is 1.12 bits per heavy atom. The van der Waals surface area contributed by atoms with Crippen molar-refractivity contribution in [2.24, 2.45) is 0 Å². The van der Waals surface area contributed by atoms with Gasteiger partial charge in [-0.05, 0) is 24.3 Å². The SMILES string of the molecule is O=C(NS(=O)(=O)c1cnccc1Cl)c1cccc(-n2cnc3cnc(C(F)(F)F)nc32)c1. The summed E-state index contributed by atoms with van der Waals surface area (Å²) in [6, 6.07) is 6.76. The van der Waals surface area contributed by atoms with Crippen molar-refractivity contribution in [3.05, 3.63) is 71.7 Å². The first-order valence-corrected chi connectivity index (χ1v) is 10.5. The average molecular weight is 483 g/mol. The van der Waals surface area contributed by atoms with Crippen LogP contribution < -0.4 is 4.72 Å². The molecule has 164 valence electrons. The van der Waals surface area contributed by atoms with Crippen LogP contribution in [0.3, 0.4) is 0 Å². The summed E-state index contributed by atoms with van der Waals surface area (Å²) in [5.41, 5.74) is 0.100. The highest BCUT2D eigenvalue weighted by molar-refractivity contribution is 7.90. The maximum Gasteiger partial charge on any atom is 0.451 e. The highest BCUT2D eigenvalue weighted by atomic mass is 35.5. The third kappa shape index (κ3) is 4.11. The fourth-order valence-electron chi connectivity index (χ4n) is 2.73. The fourth-order valence-corrected chi connectivity index (χ4v) is 4.13. The Labute approximate surface area is 183 Å². The molecule has 0 saturated heterocycles. The first kappa shape index (κ1) is 21.6. The number of nitrogens with one attached hydrogen (secondary N) is 1. The van der Waals surface area contributed by atoms with Gasteiger partial charge in [-0.15, -0.1) is 0 Å². The second-order valence-electron chi connectivity index (χ2n) is 6.31. The van der Waals surface area contributed by atoms with Crippen LogP contribution in [-0.2, 0) is 16.2 Å². The van der Waals surface area contributed by atoms with E-state index in [1.807, 2.05) is 4.72 Å². The van der Waals surface area contributed by atoms with Crippen LogP contribution in [0.1, 0.15) is 16.2 Å². The van der Waals surface area contributed by atoms with Crippen LogP contribution in [0.2, 0.25) is 5.02 Å². The van der Waals surface area contributed by atoms with E-state index in [2.05, 4.69) is 19.9 Å². The maximum atomic E-state index is 13.0. The lowest BCUT2D eigenvalue weighted by molar-refractivity contribution is -0.144. The molecule has 0 aliphatic carbocycles. The Hall–Kier alpha value is -3.58. The predicted molar refractivity (Wildman–Crippen MR) is 106 cm³/mol. The van der Waals surface area contributed by atoms with E-state index in [9.17, 15) is 26.4 Å². The summed E-state index contributed by atoms with van der Waals surface area (Å²) in [6.07, 6.45) is -0.335. The summed E-state index contributed by atoms with van der Waals surface area (Å²) in [5, 5.41) is -0.126. The van der Waals surface area contributed by atoms with Gasteiger partial charge in [0.1, 0.15) is 16.7 Å². The Bertz CT molecular complexity index is 1460. The molecule has 0 radical (unpaired) electrons. The molecular weight excluding hydrogens is 473 g/mol. The molecule has 4 rings (SSSR count). The zero-order valence-electron chi connectivity index (χ0n) is 15.6. The van der Waals surface area contributed by atoms with Gasteiger partial charge in [0.15, 0.2) is 5.65 Å². The monoisotopic (exact) mass is 482 g/mol. The minimum Gasteiger partial charge on any atom is -0.283 e. The summed E-state index contributed by atoms with van der Waals surface area (Å²) in [5.74, 6) is -2.33. The van der Waals surface area contributed by atoms with Crippen LogP contribution in [0.5, 0.6) is 0 Å². The first-order valence-electron chi connectivity index (χ1n) is 8.60. The standard InChI is InChI=1S/C18H10ClF3N6O3S/c19-12-4-5-23-8-14(12)32(30,31)27-16(29)10-2-1-3-11(6-10)28-9-25-13-7-24-17(18(20,21)22)26-15(13)28/h1-9H,(H,27,29). The summed E-state index contributed by atoms with van der Waals surface area (Å²) < 4.78 is 66.9. The van der Waals surface area contributed by atoms with E-state index in [1.54, 1.807) is 0 Å². The van der Waals surface area contributed by atoms with Crippen molar-refractivity contribution < 1.29 is 26.4 Å². The number of carbonyl (C=O) groups excluding carboxylic acids is 1. The van der Waals surface area contributed by atoms with Crippen molar-refractivity contribution in [1.29, 1.82) is 0 Å². The molecule has 4 aromatic rings. The van der Waals surface area contributed by atoms with E-state index in [1.165, 1.54) is 47.4 Å². The highest BCUT2D eigenvalue weighted by Gasteiger charge is 2.35. The Morgan fingerprint density at radius 2 is 1.91 bits per heavy atom. The summed E-state index contributed by atoms with van der Waals surface area (Å²) in [4.78, 5) is 26.6. The molecule has 3 heterocycles. The number of rotatable bonds is 4. The van der Waals surface area contributed by atoms with Crippen LogP contribution in [-0.4, -0.2) is 38.8 Å². The van der Waals surface area contributed by atoms with E-state index in [0.717, 1.165) is 12.4 Å². The molecule has 9 nitrogen and oxygen atoms in total. The quantitative estimate of drug-likeness (QED) is 0.474. The average Bonchev–Trinajstić information content (AvgIpc) is 3.16. The highest BCUT2D eigenvalue weighted by Crippen LogP contribution is 2.27. The topological polar surface area (TPSA) is 120 Å². The van der Waals surface area contributed by atoms with Gasteiger partial charge in [0.05, 0.1) is 11.2 Å².